The van der Waals surface area contributed by atoms with Crippen molar-refractivity contribution in [1.82, 2.24) is 0 Å². The monoisotopic (exact) mass is 399 g/mol. The van der Waals surface area contributed by atoms with Gasteiger partial charge in [-0.15, -0.1) is 0 Å². The van der Waals surface area contributed by atoms with Crippen LogP contribution in [0.25, 0.3) is 0 Å². The predicted octanol–water partition coefficient (Wildman–Crippen LogP) is 5.58. The fourth-order valence-electron chi connectivity index (χ4n) is 3.89. The fourth-order valence-corrected chi connectivity index (χ4v) is 3.89. The maximum absolute atomic E-state index is 13.8. The molecule has 1 aliphatic heterocycles. The van der Waals surface area contributed by atoms with Crippen molar-refractivity contribution in [2.75, 3.05) is 4.90 Å². The molecule has 0 aliphatic carbocycles. The third-order valence-electron chi connectivity index (χ3n) is 5.65. The summed E-state index contributed by atoms with van der Waals surface area (Å²) in [5, 5.41) is 10.5. The minimum Gasteiger partial charge on any atom is -0.507 e. The van der Waals surface area contributed by atoms with Gasteiger partial charge >= 0.3 is 0 Å². The molecule has 0 unspecified atom stereocenters. The molecular weight excluding hydrogens is 374 g/mol. The van der Waals surface area contributed by atoms with Crippen molar-refractivity contribution in [3.63, 3.8) is 0 Å². The molecule has 4 rings (SSSR count). The second-order valence-corrected chi connectivity index (χ2v) is 8.85. The number of Topliss-reactive ketones (excluding diaryl/α,β-unsaturated/α-hetero) is 1. The molecule has 1 atom stereocenters. The van der Waals surface area contributed by atoms with E-state index in [-0.39, 0.29) is 28.4 Å². The number of phenols is 1. The van der Waals surface area contributed by atoms with Crippen LogP contribution < -0.4 is 4.90 Å². The van der Waals surface area contributed by atoms with Gasteiger partial charge in [-0.2, -0.15) is 0 Å². The van der Waals surface area contributed by atoms with Crippen molar-refractivity contribution >= 4 is 17.4 Å². The fraction of sp³-hybridized carbons (Fsp3) is 0.231. The second-order valence-electron chi connectivity index (χ2n) is 8.85. The maximum Gasteiger partial charge on any atom is 0.259 e. The van der Waals surface area contributed by atoms with E-state index in [1.165, 1.54) is 4.90 Å². The number of aromatic hydroxyl groups is 1. The lowest BCUT2D eigenvalue weighted by Crippen LogP contribution is -2.33. The summed E-state index contributed by atoms with van der Waals surface area (Å²) < 4.78 is 0. The van der Waals surface area contributed by atoms with E-state index in [1.807, 2.05) is 49.4 Å². The van der Waals surface area contributed by atoms with Crippen molar-refractivity contribution in [2.24, 2.45) is 0 Å². The Hall–Kier alpha value is -3.40. The third kappa shape index (κ3) is 3.28. The molecule has 30 heavy (non-hydrogen) atoms. The number of carbonyl (C=O) groups is 2. The summed E-state index contributed by atoms with van der Waals surface area (Å²) in [5.41, 5.74) is 3.91. The first-order valence-corrected chi connectivity index (χ1v) is 10.1. The average molecular weight is 399 g/mol. The molecule has 3 aromatic rings. The lowest BCUT2D eigenvalue weighted by molar-refractivity contribution is 0.0914. The number of carbonyl (C=O) groups excluding carboxylic acids is 2. The molecule has 1 heterocycles. The Morgan fingerprint density at radius 1 is 0.967 bits per heavy atom. The van der Waals surface area contributed by atoms with Gasteiger partial charge in [-0.1, -0.05) is 62.7 Å². The van der Waals surface area contributed by atoms with Gasteiger partial charge in [0, 0.05) is 11.3 Å². The molecule has 0 aromatic heterocycles. The molecule has 4 nitrogen and oxygen atoms in total. The van der Waals surface area contributed by atoms with Gasteiger partial charge in [0.2, 0.25) is 0 Å². The average Bonchev–Trinajstić information content (AvgIpc) is 3.00. The largest absolute Gasteiger partial charge is 0.507 e. The van der Waals surface area contributed by atoms with Gasteiger partial charge in [-0.05, 0) is 53.8 Å². The van der Waals surface area contributed by atoms with E-state index in [0.717, 1.165) is 11.1 Å². The summed E-state index contributed by atoms with van der Waals surface area (Å²) in [6.45, 7) is 8.14. The summed E-state index contributed by atoms with van der Waals surface area (Å²) in [6.07, 6.45) is 0. The number of fused-ring (bicyclic) bond motifs is 1. The van der Waals surface area contributed by atoms with Gasteiger partial charge in [0.05, 0.1) is 5.56 Å². The number of anilines is 1. The van der Waals surface area contributed by atoms with Gasteiger partial charge in [-0.25, -0.2) is 0 Å². The van der Waals surface area contributed by atoms with Gasteiger partial charge in [-0.3, -0.25) is 14.5 Å². The topological polar surface area (TPSA) is 57.6 Å². The normalized spacial score (nSPS) is 15.9. The summed E-state index contributed by atoms with van der Waals surface area (Å²) in [6, 6.07) is 19.1. The number of nitrogens with zero attached hydrogens (tertiary/aromatic N) is 1. The molecule has 0 fully saturated rings. The molecule has 1 aliphatic rings. The minimum absolute atomic E-state index is 0.0753. The molecule has 1 amide bonds. The maximum atomic E-state index is 13.8. The van der Waals surface area contributed by atoms with E-state index in [4.69, 9.17) is 0 Å². The van der Waals surface area contributed by atoms with Crippen LogP contribution >= 0.6 is 0 Å². The van der Waals surface area contributed by atoms with E-state index in [2.05, 4.69) is 20.8 Å². The summed E-state index contributed by atoms with van der Waals surface area (Å²) in [4.78, 5) is 28.5. The van der Waals surface area contributed by atoms with Crippen molar-refractivity contribution in [1.29, 1.82) is 0 Å². The van der Waals surface area contributed by atoms with Crippen molar-refractivity contribution in [3.8, 4) is 5.75 Å². The molecule has 0 spiro atoms. The SMILES string of the molecule is Cc1ccc(N2C(=O)c3ccccc3[C@H]2C(=O)c2cc(C(C)(C)C)ccc2O)cc1. The van der Waals surface area contributed by atoms with Crippen LogP contribution in [0.3, 0.4) is 0 Å². The number of phenolic OH excluding ortho intramolecular Hbond substituents is 1. The highest BCUT2D eigenvalue weighted by Gasteiger charge is 2.42. The van der Waals surface area contributed by atoms with Crippen LogP contribution in [-0.4, -0.2) is 16.8 Å². The number of amides is 1. The standard InChI is InChI=1S/C26H25NO3/c1-16-9-12-18(13-10-16)27-23(19-7-5-6-8-20(19)25(27)30)24(29)21-15-17(26(2,3)4)11-14-22(21)28/h5-15,23,28H,1-4H3/t23-/m0/s1. The van der Waals surface area contributed by atoms with E-state index in [1.54, 1.807) is 24.3 Å². The van der Waals surface area contributed by atoms with Gasteiger partial charge in [0.1, 0.15) is 11.8 Å². The predicted molar refractivity (Wildman–Crippen MR) is 118 cm³/mol. The zero-order chi connectivity index (χ0) is 21.6. The molecular formula is C26H25NO3. The number of benzene rings is 3. The summed E-state index contributed by atoms with van der Waals surface area (Å²) in [5.74, 6) is -0.578. The molecule has 152 valence electrons. The molecule has 0 radical (unpaired) electrons. The van der Waals surface area contributed by atoms with Crippen LogP contribution in [0.1, 0.15) is 64.2 Å². The quantitative estimate of drug-likeness (QED) is 0.585. The third-order valence-corrected chi connectivity index (χ3v) is 5.65. The van der Waals surface area contributed by atoms with Crippen molar-refractivity contribution in [3.05, 3.63) is 94.5 Å². The van der Waals surface area contributed by atoms with E-state index in [0.29, 0.717) is 16.8 Å². The van der Waals surface area contributed by atoms with Crippen LogP contribution in [0.5, 0.6) is 5.75 Å². The molecule has 3 aromatic carbocycles. The Balaban J connectivity index is 1.87. The molecule has 4 heteroatoms. The van der Waals surface area contributed by atoms with E-state index < -0.39 is 6.04 Å². The smallest absolute Gasteiger partial charge is 0.259 e. The Bertz CT molecular complexity index is 1140. The van der Waals surface area contributed by atoms with Crippen LogP contribution in [0, 0.1) is 6.92 Å². The molecule has 1 N–H and O–H groups in total. The Morgan fingerprint density at radius 2 is 1.63 bits per heavy atom. The lowest BCUT2D eigenvalue weighted by atomic mass is 9.84. The minimum atomic E-state index is -0.822. The van der Waals surface area contributed by atoms with Gasteiger partial charge < -0.3 is 5.11 Å². The number of hydrogen-bond donors (Lipinski definition) is 1. The van der Waals surface area contributed by atoms with Crippen LogP contribution in [-0.2, 0) is 5.41 Å². The van der Waals surface area contributed by atoms with E-state index >= 15 is 0 Å². The van der Waals surface area contributed by atoms with Crippen molar-refractivity contribution in [2.45, 2.75) is 39.2 Å². The van der Waals surface area contributed by atoms with Crippen LogP contribution in [0.4, 0.5) is 5.69 Å². The Kier molecular flexibility index (Phi) is 4.73. The Morgan fingerprint density at radius 3 is 2.30 bits per heavy atom. The molecule has 0 saturated heterocycles. The number of hydrogen-bond acceptors (Lipinski definition) is 3. The lowest BCUT2D eigenvalue weighted by Gasteiger charge is -2.26. The highest BCUT2D eigenvalue weighted by Crippen LogP contribution is 2.41. The molecule has 0 saturated carbocycles. The van der Waals surface area contributed by atoms with Crippen LogP contribution in [0.15, 0.2) is 66.7 Å². The number of aryl methyl sites for hydroxylation is 1. The highest BCUT2D eigenvalue weighted by molar-refractivity contribution is 6.19. The number of ketones is 1. The zero-order valence-electron chi connectivity index (χ0n) is 17.6. The highest BCUT2D eigenvalue weighted by atomic mass is 16.3. The second kappa shape index (κ2) is 7.13. The summed E-state index contributed by atoms with van der Waals surface area (Å²) >= 11 is 0. The zero-order valence-corrected chi connectivity index (χ0v) is 17.6. The number of rotatable bonds is 3. The van der Waals surface area contributed by atoms with E-state index in [9.17, 15) is 14.7 Å². The van der Waals surface area contributed by atoms with Crippen LogP contribution in [0.2, 0.25) is 0 Å². The summed E-state index contributed by atoms with van der Waals surface area (Å²) in [7, 11) is 0. The molecule has 0 bridgehead atoms. The first kappa shape index (κ1) is 19.9. The Labute approximate surface area is 176 Å². The first-order valence-electron chi connectivity index (χ1n) is 10.1. The first-order chi connectivity index (χ1) is 14.2. The van der Waals surface area contributed by atoms with Crippen molar-refractivity contribution < 1.29 is 14.7 Å². The van der Waals surface area contributed by atoms with Gasteiger partial charge in [0.25, 0.3) is 5.91 Å². The van der Waals surface area contributed by atoms with Gasteiger partial charge in [0.15, 0.2) is 5.78 Å².